The van der Waals surface area contributed by atoms with Crippen molar-refractivity contribution in [1.82, 2.24) is 19.8 Å². The summed E-state index contributed by atoms with van der Waals surface area (Å²) in [6.45, 7) is 1.55. The fourth-order valence-corrected chi connectivity index (χ4v) is 3.06. The van der Waals surface area contributed by atoms with Crippen LogP contribution in [-0.4, -0.2) is 37.3 Å². The number of aromatic nitrogens is 2. The lowest BCUT2D eigenvalue weighted by Crippen LogP contribution is -2.37. The van der Waals surface area contributed by atoms with Gasteiger partial charge in [-0.05, 0) is 19.0 Å². The van der Waals surface area contributed by atoms with Gasteiger partial charge in [0.25, 0.3) is 10.0 Å². The smallest absolute Gasteiger partial charge is 0.257 e. The van der Waals surface area contributed by atoms with Gasteiger partial charge in [-0.1, -0.05) is 0 Å². The van der Waals surface area contributed by atoms with Crippen molar-refractivity contribution < 1.29 is 8.42 Å². The van der Waals surface area contributed by atoms with Gasteiger partial charge in [-0.15, -0.1) is 0 Å². The first-order valence-corrected chi connectivity index (χ1v) is 6.29. The van der Waals surface area contributed by atoms with Crippen LogP contribution in [0.15, 0.2) is 17.3 Å². The monoisotopic (exact) mass is 230 g/mol. The van der Waals surface area contributed by atoms with Gasteiger partial charge in [-0.25, -0.2) is 13.1 Å². The molecule has 0 aliphatic carbocycles. The SMILES string of the molecule is Cn1nccc1S(=O)(=O)NC1CCNC1. The van der Waals surface area contributed by atoms with Crippen LogP contribution in [0.1, 0.15) is 6.42 Å². The van der Waals surface area contributed by atoms with Gasteiger partial charge in [-0.3, -0.25) is 4.68 Å². The zero-order valence-electron chi connectivity index (χ0n) is 8.47. The summed E-state index contributed by atoms with van der Waals surface area (Å²) in [5.74, 6) is 0. The second-order valence-electron chi connectivity index (χ2n) is 3.60. The molecule has 1 saturated heterocycles. The van der Waals surface area contributed by atoms with E-state index in [1.807, 2.05) is 0 Å². The van der Waals surface area contributed by atoms with Gasteiger partial charge < -0.3 is 5.32 Å². The van der Waals surface area contributed by atoms with Crippen molar-refractivity contribution in [3.63, 3.8) is 0 Å². The Morgan fingerprint density at radius 2 is 2.47 bits per heavy atom. The lowest BCUT2D eigenvalue weighted by molar-refractivity contribution is 0.544. The molecular formula is C8H14N4O2S. The van der Waals surface area contributed by atoms with Crippen LogP contribution < -0.4 is 10.0 Å². The van der Waals surface area contributed by atoms with Crippen LogP contribution in [0.4, 0.5) is 0 Å². The highest BCUT2D eigenvalue weighted by molar-refractivity contribution is 7.89. The minimum absolute atomic E-state index is 0.00935. The molecule has 0 amide bonds. The van der Waals surface area contributed by atoms with Crippen molar-refractivity contribution in [2.24, 2.45) is 7.05 Å². The molecule has 2 N–H and O–H groups in total. The fraction of sp³-hybridized carbons (Fsp3) is 0.625. The van der Waals surface area contributed by atoms with E-state index < -0.39 is 10.0 Å². The van der Waals surface area contributed by atoms with Crippen molar-refractivity contribution in [1.29, 1.82) is 0 Å². The second-order valence-corrected chi connectivity index (χ2v) is 5.26. The molecule has 6 nitrogen and oxygen atoms in total. The lowest BCUT2D eigenvalue weighted by Gasteiger charge is -2.11. The molecule has 2 heterocycles. The Morgan fingerprint density at radius 1 is 1.67 bits per heavy atom. The molecule has 7 heteroatoms. The van der Waals surface area contributed by atoms with E-state index in [1.54, 1.807) is 7.05 Å². The molecule has 0 saturated carbocycles. The van der Waals surface area contributed by atoms with Gasteiger partial charge in [0.15, 0.2) is 5.03 Å². The zero-order valence-corrected chi connectivity index (χ0v) is 9.29. The predicted molar refractivity (Wildman–Crippen MR) is 54.8 cm³/mol. The van der Waals surface area contributed by atoms with E-state index >= 15 is 0 Å². The third kappa shape index (κ3) is 2.19. The van der Waals surface area contributed by atoms with Crippen molar-refractivity contribution in [3.05, 3.63) is 12.3 Å². The fourth-order valence-electron chi connectivity index (χ4n) is 1.66. The molecule has 0 aromatic carbocycles. The maximum atomic E-state index is 11.9. The molecule has 1 aliphatic heterocycles. The Balaban J connectivity index is 2.16. The molecule has 2 rings (SSSR count). The third-order valence-corrected chi connectivity index (χ3v) is 4.03. The summed E-state index contributed by atoms with van der Waals surface area (Å²) < 4.78 is 27.7. The van der Waals surface area contributed by atoms with Gasteiger partial charge in [0, 0.05) is 19.6 Å². The molecule has 1 aromatic heterocycles. The summed E-state index contributed by atoms with van der Waals surface area (Å²) in [6, 6.07) is 1.48. The first-order chi connectivity index (χ1) is 7.09. The van der Waals surface area contributed by atoms with Gasteiger partial charge >= 0.3 is 0 Å². The molecule has 1 aromatic rings. The maximum Gasteiger partial charge on any atom is 0.257 e. The van der Waals surface area contributed by atoms with Crippen LogP contribution in [0.25, 0.3) is 0 Å². The Bertz CT molecular complexity index is 433. The van der Waals surface area contributed by atoms with E-state index in [2.05, 4.69) is 15.1 Å². The molecule has 1 fully saturated rings. The highest BCUT2D eigenvalue weighted by Gasteiger charge is 2.24. The van der Waals surface area contributed by atoms with E-state index in [9.17, 15) is 8.42 Å². The highest BCUT2D eigenvalue weighted by Crippen LogP contribution is 2.08. The standard InChI is InChI=1S/C8H14N4O2S/c1-12-8(3-5-10-12)15(13,14)11-7-2-4-9-6-7/h3,5,7,9,11H,2,4,6H2,1H3. The second kappa shape index (κ2) is 3.92. The number of hydrogen-bond acceptors (Lipinski definition) is 4. The molecule has 84 valence electrons. The van der Waals surface area contributed by atoms with E-state index in [0.717, 1.165) is 13.0 Å². The van der Waals surface area contributed by atoms with E-state index in [1.165, 1.54) is 16.9 Å². The van der Waals surface area contributed by atoms with Gasteiger partial charge in [0.1, 0.15) is 0 Å². The minimum Gasteiger partial charge on any atom is -0.315 e. The topological polar surface area (TPSA) is 76.0 Å². The van der Waals surface area contributed by atoms with E-state index in [4.69, 9.17) is 0 Å². The highest BCUT2D eigenvalue weighted by atomic mass is 32.2. The first kappa shape index (κ1) is 10.6. The maximum absolute atomic E-state index is 11.9. The Hall–Kier alpha value is -0.920. The van der Waals surface area contributed by atoms with Crippen LogP contribution in [0.3, 0.4) is 0 Å². The number of nitrogens with one attached hydrogen (secondary N) is 2. The normalized spacial score (nSPS) is 22.1. The molecule has 15 heavy (non-hydrogen) atoms. The summed E-state index contributed by atoms with van der Waals surface area (Å²) in [5, 5.41) is 7.15. The number of aryl methyl sites for hydroxylation is 1. The zero-order chi connectivity index (χ0) is 10.9. The number of hydrogen-bond donors (Lipinski definition) is 2. The average Bonchev–Trinajstić information content (AvgIpc) is 2.75. The molecule has 0 radical (unpaired) electrons. The number of rotatable bonds is 3. The number of nitrogens with zero attached hydrogens (tertiary/aromatic N) is 2. The number of sulfonamides is 1. The van der Waals surface area contributed by atoms with Gasteiger partial charge in [0.2, 0.25) is 0 Å². The summed E-state index contributed by atoms with van der Waals surface area (Å²) in [7, 11) is -1.81. The lowest BCUT2D eigenvalue weighted by atomic mass is 10.3. The third-order valence-electron chi connectivity index (χ3n) is 2.43. The van der Waals surface area contributed by atoms with Gasteiger partial charge in [0.05, 0.1) is 6.20 Å². The molecule has 1 unspecified atom stereocenters. The van der Waals surface area contributed by atoms with Crippen LogP contribution in [-0.2, 0) is 17.1 Å². The Morgan fingerprint density at radius 3 is 3.00 bits per heavy atom. The summed E-state index contributed by atoms with van der Waals surface area (Å²) >= 11 is 0. The summed E-state index contributed by atoms with van der Waals surface area (Å²) in [4.78, 5) is 0. The van der Waals surface area contributed by atoms with Gasteiger partial charge in [-0.2, -0.15) is 5.10 Å². The van der Waals surface area contributed by atoms with Crippen LogP contribution in [0, 0.1) is 0 Å². The largest absolute Gasteiger partial charge is 0.315 e. The quantitative estimate of drug-likeness (QED) is 0.702. The molecule has 1 atom stereocenters. The Kier molecular flexibility index (Phi) is 2.76. The van der Waals surface area contributed by atoms with Crippen molar-refractivity contribution in [2.75, 3.05) is 13.1 Å². The molecule has 0 spiro atoms. The minimum atomic E-state index is -3.42. The van der Waals surface area contributed by atoms with Crippen LogP contribution >= 0.6 is 0 Å². The summed E-state index contributed by atoms with van der Waals surface area (Å²) in [6.07, 6.45) is 2.30. The predicted octanol–water partition coefficient (Wildman–Crippen LogP) is -0.940. The molecule has 0 bridgehead atoms. The van der Waals surface area contributed by atoms with E-state index in [-0.39, 0.29) is 11.1 Å². The van der Waals surface area contributed by atoms with Crippen LogP contribution in [0.2, 0.25) is 0 Å². The van der Waals surface area contributed by atoms with Crippen molar-refractivity contribution in [2.45, 2.75) is 17.5 Å². The van der Waals surface area contributed by atoms with Crippen LogP contribution in [0.5, 0.6) is 0 Å². The van der Waals surface area contributed by atoms with Crippen molar-refractivity contribution >= 4 is 10.0 Å². The summed E-state index contributed by atoms with van der Waals surface area (Å²) in [5.41, 5.74) is 0. The van der Waals surface area contributed by atoms with E-state index in [0.29, 0.717) is 6.54 Å². The molecular weight excluding hydrogens is 216 g/mol. The first-order valence-electron chi connectivity index (χ1n) is 4.80. The van der Waals surface area contributed by atoms with Crippen molar-refractivity contribution in [3.8, 4) is 0 Å². The average molecular weight is 230 g/mol. The Labute approximate surface area is 88.7 Å². The molecule has 1 aliphatic rings.